The second kappa shape index (κ2) is 5.16. The number of fused-ring (bicyclic) bond motifs is 1. The number of aryl methyl sites for hydroxylation is 1. The summed E-state index contributed by atoms with van der Waals surface area (Å²) in [5, 5.41) is 0. The van der Waals surface area contributed by atoms with E-state index >= 15 is 0 Å². The molecule has 0 spiro atoms. The first-order valence-corrected chi connectivity index (χ1v) is 7.15. The van der Waals surface area contributed by atoms with Crippen molar-refractivity contribution >= 4 is 0 Å². The first-order chi connectivity index (χ1) is 9.28. The van der Waals surface area contributed by atoms with E-state index in [1.54, 1.807) is 23.3 Å². The zero-order chi connectivity index (χ0) is 13.2. The molecule has 0 aromatic heterocycles. The molecule has 0 fully saturated rings. The van der Waals surface area contributed by atoms with Gasteiger partial charge in [0.05, 0.1) is 0 Å². The predicted molar refractivity (Wildman–Crippen MR) is 77.1 cm³/mol. The van der Waals surface area contributed by atoms with Crippen LogP contribution in [0.15, 0.2) is 36.4 Å². The Hall–Kier alpha value is -1.63. The molecule has 0 bridgehead atoms. The third-order valence-corrected chi connectivity index (χ3v) is 4.17. The normalized spacial score (nSPS) is 13.6. The molecular formula is C18H19F. The second-order valence-corrected chi connectivity index (χ2v) is 5.35. The van der Waals surface area contributed by atoms with Crippen LogP contribution in [0.25, 0.3) is 0 Å². The van der Waals surface area contributed by atoms with Gasteiger partial charge in [-0.05, 0) is 72.1 Å². The van der Waals surface area contributed by atoms with Gasteiger partial charge in [0.25, 0.3) is 0 Å². The molecule has 0 heterocycles. The highest BCUT2D eigenvalue weighted by Gasteiger charge is 2.17. The van der Waals surface area contributed by atoms with Crippen molar-refractivity contribution < 1.29 is 4.39 Å². The fraction of sp³-hybridized carbons (Fsp3) is 0.333. The molecular weight excluding hydrogens is 235 g/mol. The average Bonchev–Trinajstić information content (AvgIpc) is 2.91. The lowest BCUT2D eigenvalue weighted by atomic mass is 9.93. The molecule has 2 aromatic rings. The quantitative estimate of drug-likeness (QED) is 0.758. The number of benzene rings is 2. The Morgan fingerprint density at radius 3 is 2.21 bits per heavy atom. The van der Waals surface area contributed by atoms with Gasteiger partial charge in [-0.2, -0.15) is 0 Å². The van der Waals surface area contributed by atoms with Crippen LogP contribution in [-0.2, 0) is 25.7 Å². The molecule has 98 valence electrons. The molecule has 0 radical (unpaired) electrons. The maximum Gasteiger partial charge on any atom is 0.123 e. The van der Waals surface area contributed by atoms with E-state index in [-0.39, 0.29) is 5.82 Å². The maximum absolute atomic E-state index is 12.9. The van der Waals surface area contributed by atoms with Crippen molar-refractivity contribution in [3.63, 3.8) is 0 Å². The lowest BCUT2D eigenvalue weighted by Crippen LogP contribution is -1.99. The summed E-state index contributed by atoms with van der Waals surface area (Å²) in [5.41, 5.74) is 7.28. The van der Waals surface area contributed by atoms with Crippen LogP contribution in [0.1, 0.15) is 41.2 Å². The standard InChI is InChI=1S/C18H19F/c1-2-14-8-9-15(18-5-3-4-17(14)18)12-13-6-10-16(19)11-7-13/h6-11H,2-5,12H2,1H3. The summed E-state index contributed by atoms with van der Waals surface area (Å²) in [6.45, 7) is 2.23. The van der Waals surface area contributed by atoms with E-state index in [0.29, 0.717) is 0 Å². The zero-order valence-corrected chi connectivity index (χ0v) is 11.4. The third-order valence-electron chi connectivity index (χ3n) is 4.17. The second-order valence-electron chi connectivity index (χ2n) is 5.35. The SMILES string of the molecule is CCc1ccc(Cc2ccc(F)cc2)c2c1CCC2. The fourth-order valence-electron chi connectivity index (χ4n) is 3.17. The molecule has 0 amide bonds. The Bertz CT molecular complexity index is 581. The van der Waals surface area contributed by atoms with Crippen LogP contribution in [0.5, 0.6) is 0 Å². The molecule has 1 aliphatic rings. The topological polar surface area (TPSA) is 0 Å². The van der Waals surface area contributed by atoms with Gasteiger partial charge in [-0.15, -0.1) is 0 Å². The zero-order valence-electron chi connectivity index (χ0n) is 11.4. The molecule has 0 saturated carbocycles. The minimum Gasteiger partial charge on any atom is -0.207 e. The molecule has 0 N–H and O–H groups in total. The Labute approximate surface area is 114 Å². The summed E-state index contributed by atoms with van der Waals surface area (Å²) in [7, 11) is 0. The van der Waals surface area contributed by atoms with Crippen molar-refractivity contribution in [2.45, 2.75) is 39.0 Å². The third kappa shape index (κ3) is 2.42. The Kier molecular flexibility index (Phi) is 3.37. The Morgan fingerprint density at radius 1 is 0.895 bits per heavy atom. The van der Waals surface area contributed by atoms with Gasteiger partial charge in [0, 0.05) is 0 Å². The fourth-order valence-corrected chi connectivity index (χ4v) is 3.17. The van der Waals surface area contributed by atoms with Crippen molar-refractivity contribution in [1.82, 2.24) is 0 Å². The molecule has 19 heavy (non-hydrogen) atoms. The van der Waals surface area contributed by atoms with Crippen molar-refractivity contribution in [2.75, 3.05) is 0 Å². The van der Waals surface area contributed by atoms with E-state index in [1.165, 1.54) is 36.0 Å². The molecule has 0 atom stereocenters. The smallest absolute Gasteiger partial charge is 0.123 e. The maximum atomic E-state index is 12.9. The molecule has 0 saturated heterocycles. The van der Waals surface area contributed by atoms with E-state index in [9.17, 15) is 4.39 Å². The molecule has 1 heteroatoms. The van der Waals surface area contributed by atoms with Crippen LogP contribution >= 0.6 is 0 Å². The van der Waals surface area contributed by atoms with Crippen LogP contribution in [0.4, 0.5) is 4.39 Å². The summed E-state index contributed by atoms with van der Waals surface area (Å²) in [4.78, 5) is 0. The number of halogens is 1. The molecule has 3 rings (SSSR count). The molecule has 2 aromatic carbocycles. The van der Waals surface area contributed by atoms with E-state index in [2.05, 4.69) is 19.1 Å². The van der Waals surface area contributed by atoms with Crippen LogP contribution in [0.2, 0.25) is 0 Å². The minimum atomic E-state index is -0.157. The van der Waals surface area contributed by atoms with E-state index in [4.69, 9.17) is 0 Å². The predicted octanol–water partition coefficient (Wildman–Crippen LogP) is 4.47. The van der Waals surface area contributed by atoms with Crippen LogP contribution in [0, 0.1) is 5.82 Å². The van der Waals surface area contributed by atoms with Crippen LogP contribution in [0.3, 0.4) is 0 Å². The van der Waals surface area contributed by atoms with Gasteiger partial charge in [0.15, 0.2) is 0 Å². The van der Waals surface area contributed by atoms with Gasteiger partial charge >= 0.3 is 0 Å². The largest absolute Gasteiger partial charge is 0.207 e. The molecule has 0 aliphatic heterocycles. The number of hydrogen-bond acceptors (Lipinski definition) is 0. The van der Waals surface area contributed by atoms with Gasteiger partial charge in [-0.3, -0.25) is 0 Å². The summed E-state index contributed by atoms with van der Waals surface area (Å²) < 4.78 is 12.9. The van der Waals surface area contributed by atoms with Crippen molar-refractivity contribution in [3.8, 4) is 0 Å². The van der Waals surface area contributed by atoms with Gasteiger partial charge < -0.3 is 0 Å². The van der Waals surface area contributed by atoms with Crippen molar-refractivity contribution in [2.24, 2.45) is 0 Å². The van der Waals surface area contributed by atoms with Crippen LogP contribution in [-0.4, -0.2) is 0 Å². The summed E-state index contributed by atoms with van der Waals surface area (Å²) in [5.74, 6) is -0.157. The van der Waals surface area contributed by atoms with E-state index < -0.39 is 0 Å². The van der Waals surface area contributed by atoms with Crippen molar-refractivity contribution in [1.29, 1.82) is 0 Å². The molecule has 1 aliphatic carbocycles. The van der Waals surface area contributed by atoms with E-state index in [1.807, 2.05) is 12.1 Å². The summed E-state index contributed by atoms with van der Waals surface area (Å²) in [6, 6.07) is 11.4. The van der Waals surface area contributed by atoms with Gasteiger partial charge in [0.1, 0.15) is 5.82 Å². The molecule has 0 unspecified atom stereocenters. The lowest BCUT2D eigenvalue weighted by molar-refractivity contribution is 0.627. The van der Waals surface area contributed by atoms with Gasteiger partial charge in [-0.25, -0.2) is 4.39 Å². The average molecular weight is 254 g/mol. The van der Waals surface area contributed by atoms with Crippen LogP contribution < -0.4 is 0 Å². The number of hydrogen-bond donors (Lipinski definition) is 0. The molecule has 0 nitrogen and oxygen atoms in total. The first kappa shape index (κ1) is 12.4. The number of rotatable bonds is 3. The lowest BCUT2D eigenvalue weighted by Gasteiger charge is -2.12. The summed E-state index contributed by atoms with van der Waals surface area (Å²) >= 11 is 0. The van der Waals surface area contributed by atoms with Crippen molar-refractivity contribution in [3.05, 3.63) is 70.0 Å². The monoisotopic (exact) mass is 254 g/mol. The Balaban J connectivity index is 1.94. The summed E-state index contributed by atoms with van der Waals surface area (Å²) in [6.07, 6.45) is 5.77. The highest BCUT2D eigenvalue weighted by molar-refractivity contribution is 5.45. The first-order valence-electron chi connectivity index (χ1n) is 7.15. The van der Waals surface area contributed by atoms with Gasteiger partial charge in [0.2, 0.25) is 0 Å². The highest BCUT2D eigenvalue weighted by Crippen LogP contribution is 2.30. The van der Waals surface area contributed by atoms with Gasteiger partial charge in [-0.1, -0.05) is 31.2 Å². The van der Waals surface area contributed by atoms with E-state index in [0.717, 1.165) is 12.8 Å². The highest BCUT2D eigenvalue weighted by atomic mass is 19.1. The minimum absolute atomic E-state index is 0.157. The Morgan fingerprint density at radius 2 is 1.53 bits per heavy atom.